The van der Waals surface area contributed by atoms with Crippen LogP contribution in [0.4, 0.5) is 0 Å². The van der Waals surface area contributed by atoms with Crippen molar-refractivity contribution in [1.82, 2.24) is 5.32 Å². The second-order valence-corrected chi connectivity index (χ2v) is 6.22. The number of carbonyl (C=O) groups excluding carboxylic acids is 1. The molecule has 0 spiro atoms. The Bertz CT molecular complexity index is 916. The summed E-state index contributed by atoms with van der Waals surface area (Å²) in [5.74, 6) is -0.407. The van der Waals surface area contributed by atoms with Gasteiger partial charge in [0.1, 0.15) is 11.1 Å². The third-order valence-electron chi connectivity index (χ3n) is 3.74. The summed E-state index contributed by atoms with van der Waals surface area (Å²) in [4.78, 5) is 25.4. The molecule has 1 N–H and O–H groups in total. The van der Waals surface area contributed by atoms with Gasteiger partial charge in [0.05, 0.1) is 0 Å². The van der Waals surface area contributed by atoms with E-state index < -0.39 is 11.5 Å². The molecule has 0 atom stereocenters. The first kappa shape index (κ1) is 16.3. The minimum Gasteiger partial charge on any atom is -0.422 e. The highest BCUT2D eigenvalue weighted by Crippen LogP contribution is 2.15. The van der Waals surface area contributed by atoms with Crippen molar-refractivity contribution in [3.8, 4) is 0 Å². The Morgan fingerprint density at radius 1 is 1.12 bits per heavy atom. The van der Waals surface area contributed by atoms with Crippen LogP contribution in [-0.4, -0.2) is 18.7 Å². The number of fused-ring (bicyclic) bond motifs is 1. The molecule has 122 valence electrons. The molecule has 0 bridgehead atoms. The summed E-state index contributed by atoms with van der Waals surface area (Å²) >= 11 is 1.69. The number of carbonyl (C=O) groups is 1. The normalized spacial score (nSPS) is 10.7. The van der Waals surface area contributed by atoms with Gasteiger partial charge in [-0.05, 0) is 42.5 Å². The van der Waals surface area contributed by atoms with Crippen LogP contribution in [0.3, 0.4) is 0 Å². The minimum atomic E-state index is -0.615. The van der Waals surface area contributed by atoms with Crippen molar-refractivity contribution >= 4 is 28.6 Å². The van der Waals surface area contributed by atoms with Gasteiger partial charge in [-0.3, -0.25) is 4.79 Å². The summed E-state index contributed by atoms with van der Waals surface area (Å²) < 4.78 is 5.19. The zero-order chi connectivity index (χ0) is 16.9. The Balaban J connectivity index is 1.66. The molecular weight excluding hydrogens is 322 g/mol. The first-order valence-corrected chi connectivity index (χ1v) is 8.84. The number of para-hydroxylation sites is 1. The van der Waals surface area contributed by atoms with Crippen molar-refractivity contribution in [3.63, 3.8) is 0 Å². The second-order valence-electron chi connectivity index (χ2n) is 5.34. The van der Waals surface area contributed by atoms with Gasteiger partial charge in [0.15, 0.2) is 0 Å². The molecule has 3 aromatic rings. The molecule has 2 aromatic carbocycles. The molecule has 24 heavy (non-hydrogen) atoms. The summed E-state index contributed by atoms with van der Waals surface area (Å²) in [7, 11) is 0. The monoisotopic (exact) mass is 339 g/mol. The van der Waals surface area contributed by atoms with E-state index in [-0.39, 0.29) is 5.56 Å². The minimum absolute atomic E-state index is 0.0337. The van der Waals surface area contributed by atoms with E-state index >= 15 is 0 Å². The fourth-order valence-electron chi connectivity index (χ4n) is 2.43. The van der Waals surface area contributed by atoms with E-state index in [9.17, 15) is 9.59 Å². The molecule has 0 radical (unpaired) electrons. The largest absolute Gasteiger partial charge is 0.422 e. The summed E-state index contributed by atoms with van der Waals surface area (Å²) in [6.45, 7) is 0.462. The molecule has 3 rings (SSSR count). The van der Waals surface area contributed by atoms with E-state index in [0.717, 1.165) is 10.9 Å². The zero-order valence-corrected chi connectivity index (χ0v) is 14.1. The van der Waals surface area contributed by atoms with Crippen LogP contribution in [0.5, 0.6) is 0 Å². The van der Waals surface area contributed by atoms with E-state index in [1.54, 1.807) is 30.0 Å². The van der Waals surface area contributed by atoms with Gasteiger partial charge in [0, 0.05) is 16.8 Å². The molecule has 1 aromatic heterocycles. The Morgan fingerprint density at radius 3 is 2.62 bits per heavy atom. The highest BCUT2D eigenvalue weighted by molar-refractivity contribution is 7.98. The van der Waals surface area contributed by atoms with E-state index in [2.05, 4.69) is 17.4 Å². The van der Waals surface area contributed by atoms with Gasteiger partial charge in [0.25, 0.3) is 5.91 Å². The Hall–Kier alpha value is -2.53. The molecular formula is C19H17NO3S. The van der Waals surface area contributed by atoms with Crippen LogP contribution in [0.15, 0.2) is 68.7 Å². The zero-order valence-electron chi connectivity index (χ0n) is 13.2. The number of hydrogen-bond acceptors (Lipinski definition) is 4. The molecule has 4 nitrogen and oxygen atoms in total. The van der Waals surface area contributed by atoms with Crippen LogP contribution >= 0.6 is 11.8 Å². The van der Waals surface area contributed by atoms with Crippen LogP contribution in [0, 0.1) is 0 Å². The van der Waals surface area contributed by atoms with Crippen molar-refractivity contribution in [2.75, 3.05) is 12.8 Å². The summed E-state index contributed by atoms with van der Waals surface area (Å²) in [5.41, 5.74) is 1.04. The van der Waals surface area contributed by atoms with Crippen LogP contribution in [0.2, 0.25) is 0 Å². The lowest BCUT2D eigenvalue weighted by Gasteiger charge is -2.06. The number of benzene rings is 2. The molecule has 1 amide bonds. The van der Waals surface area contributed by atoms with Crippen molar-refractivity contribution in [1.29, 1.82) is 0 Å². The predicted octanol–water partition coefficient (Wildman–Crippen LogP) is 3.49. The average Bonchev–Trinajstić information content (AvgIpc) is 2.61. The van der Waals surface area contributed by atoms with Crippen LogP contribution < -0.4 is 10.9 Å². The number of thioether (sulfide) groups is 1. The van der Waals surface area contributed by atoms with Crippen molar-refractivity contribution in [2.45, 2.75) is 11.3 Å². The maximum atomic E-state index is 12.2. The Morgan fingerprint density at radius 2 is 1.88 bits per heavy atom. The van der Waals surface area contributed by atoms with E-state index in [1.807, 2.05) is 30.5 Å². The summed E-state index contributed by atoms with van der Waals surface area (Å²) in [6, 6.07) is 16.9. The standard InChI is InChI=1S/C19H17NO3S/c1-24-15-8-6-13(7-9-15)10-11-20-18(21)16-12-14-4-2-3-5-17(14)23-19(16)22/h2-9,12H,10-11H2,1H3,(H,20,21). The molecule has 0 saturated heterocycles. The summed E-state index contributed by atoms with van der Waals surface area (Å²) in [5, 5.41) is 3.51. The van der Waals surface area contributed by atoms with E-state index in [4.69, 9.17) is 4.42 Å². The fraction of sp³-hybridized carbons (Fsp3) is 0.158. The SMILES string of the molecule is CSc1ccc(CCNC(=O)c2cc3ccccc3oc2=O)cc1. The van der Waals surface area contributed by atoms with Gasteiger partial charge in [0.2, 0.25) is 0 Å². The fourth-order valence-corrected chi connectivity index (χ4v) is 2.84. The summed E-state index contributed by atoms with van der Waals surface area (Å²) in [6.07, 6.45) is 2.74. The molecule has 0 aliphatic rings. The van der Waals surface area contributed by atoms with Crippen LogP contribution in [-0.2, 0) is 6.42 Å². The molecule has 0 fully saturated rings. The Kier molecular flexibility index (Phi) is 5.01. The van der Waals surface area contributed by atoms with Gasteiger partial charge in [-0.15, -0.1) is 11.8 Å². The molecule has 0 aliphatic heterocycles. The predicted molar refractivity (Wildman–Crippen MR) is 96.7 cm³/mol. The lowest BCUT2D eigenvalue weighted by Crippen LogP contribution is -2.29. The average molecular weight is 339 g/mol. The molecule has 0 saturated carbocycles. The van der Waals surface area contributed by atoms with Crippen LogP contribution in [0.1, 0.15) is 15.9 Å². The molecule has 0 aliphatic carbocycles. The molecule has 0 unspecified atom stereocenters. The highest BCUT2D eigenvalue weighted by Gasteiger charge is 2.13. The van der Waals surface area contributed by atoms with Gasteiger partial charge in [-0.1, -0.05) is 30.3 Å². The quantitative estimate of drug-likeness (QED) is 0.571. The maximum absolute atomic E-state index is 12.2. The van der Waals surface area contributed by atoms with Gasteiger partial charge in [-0.25, -0.2) is 4.79 Å². The van der Waals surface area contributed by atoms with Crippen molar-refractivity contribution in [2.24, 2.45) is 0 Å². The lowest BCUT2D eigenvalue weighted by atomic mass is 10.1. The number of amides is 1. The lowest BCUT2D eigenvalue weighted by molar-refractivity contribution is 0.0950. The third-order valence-corrected chi connectivity index (χ3v) is 4.49. The van der Waals surface area contributed by atoms with Gasteiger partial charge >= 0.3 is 5.63 Å². The topological polar surface area (TPSA) is 59.3 Å². The second kappa shape index (κ2) is 7.36. The maximum Gasteiger partial charge on any atom is 0.349 e. The first-order chi connectivity index (χ1) is 11.7. The van der Waals surface area contributed by atoms with Crippen molar-refractivity contribution < 1.29 is 9.21 Å². The molecule has 1 heterocycles. The van der Waals surface area contributed by atoms with E-state index in [1.165, 1.54) is 4.90 Å². The third kappa shape index (κ3) is 3.68. The first-order valence-electron chi connectivity index (χ1n) is 7.61. The number of rotatable bonds is 5. The van der Waals surface area contributed by atoms with Gasteiger partial charge < -0.3 is 9.73 Å². The number of nitrogens with one attached hydrogen (secondary N) is 1. The van der Waals surface area contributed by atoms with Gasteiger partial charge in [-0.2, -0.15) is 0 Å². The van der Waals surface area contributed by atoms with Crippen molar-refractivity contribution in [3.05, 3.63) is 76.1 Å². The van der Waals surface area contributed by atoms with E-state index in [0.29, 0.717) is 18.5 Å². The Labute approximate surface area is 143 Å². The molecule has 5 heteroatoms. The van der Waals surface area contributed by atoms with Crippen LogP contribution in [0.25, 0.3) is 11.0 Å². The highest BCUT2D eigenvalue weighted by atomic mass is 32.2. The smallest absolute Gasteiger partial charge is 0.349 e. The number of hydrogen-bond donors (Lipinski definition) is 1.